The second kappa shape index (κ2) is 6.10. The Bertz CT molecular complexity index is 1090. The van der Waals surface area contributed by atoms with Crippen LogP contribution in [0.4, 0.5) is 5.69 Å². The molecule has 2 aromatic carbocycles. The Morgan fingerprint density at radius 3 is 2.77 bits per heavy atom. The highest BCUT2D eigenvalue weighted by atomic mass is 32.2. The number of aromatic nitrogens is 4. The lowest BCUT2D eigenvalue weighted by Crippen LogP contribution is -2.14. The fourth-order valence-corrected chi connectivity index (χ4v) is 4.00. The van der Waals surface area contributed by atoms with E-state index in [1.54, 1.807) is 41.9 Å². The van der Waals surface area contributed by atoms with Crippen LogP contribution in [0, 0.1) is 13.8 Å². The van der Waals surface area contributed by atoms with Gasteiger partial charge in [-0.15, -0.1) is 5.10 Å². The van der Waals surface area contributed by atoms with Crippen LogP contribution in [0.25, 0.3) is 5.69 Å². The van der Waals surface area contributed by atoms with Crippen molar-refractivity contribution < 1.29 is 13.2 Å². The molecule has 0 aliphatic carbocycles. The predicted octanol–water partition coefficient (Wildman–Crippen LogP) is 2.01. The summed E-state index contributed by atoms with van der Waals surface area (Å²) in [6, 6.07) is 10.2. The Balaban J connectivity index is 1.68. The van der Waals surface area contributed by atoms with Crippen LogP contribution >= 0.6 is 0 Å². The molecule has 0 spiro atoms. The molecule has 2 heterocycles. The number of ether oxygens (including phenoxy) is 1. The van der Waals surface area contributed by atoms with Gasteiger partial charge in [0, 0.05) is 6.42 Å². The summed E-state index contributed by atoms with van der Waals surface area (Å²) in [4.78, 5) is 0.211. The molecule has 0 saturated heterocycles. The topological polar surface area (TPSA) is 99.0 Å². The number of aryl methyl sites for hydroxylation is 2. The van der Waals surface area contributed by atoms with E-state index in [-0.39, 0.29) is 4.90 Å². The number of nitrogens with zero attached hydrogens (tertiary/aromatic N) is 4. The minimum absolute atomic E-state index is 0.211. The van der Waals surface area contributed by atoms with E-state index >= 15 is 0 Å². The standard InChI is InChI=1S/C17H17N5O3S/c1-11-3-4-14(10-16(11)22-12(2)18-20-21-22)19-26(23,24)15-5-6-17-13(9-15)7-8-25-17/h3-6,9-10,19H,7-8H2,1-2H3. The van der Waals surface area contributed by atoms with E-state index in [1.807, 2.05) is 13.0 Å². The van der Waals surface area contributed by atoms with E-state index in [0.717, 1.165) is 22.6 Å². The van der Waals surface area contributed by atoms with Gasteiger partial charge in [0.15, 0.2) is 5.82 Å². The molecule has 4 rings (SSSR count). The summed E-state index contributed by atoms with van der Waals surface area (Å²) >= 11 is 0. The van der Waals surface area contributed by atoms with Crippen molar-refractivity contribution in [1.29, 1.82) is 0 Å². The van der Waals surface area contributed by atoms with Crippen LogP contribution in [-0.4, -0.2) is 35.2 Å². The predicted molar refractivity (Wildman–Crippen MR) is 95.1 cm³/mol. The highest BCUT2D eigenvalue weighted by Gasteiger charge is 2.20. The summed E-state index contributed by atoms with van der Waals surface area (Å²) in [7, 11) is -3.71. The highest BCUT2D eigenvalue weighted by Crippen LogP contribution is 2.29. The molecule has 0 unspecified atom stereocenters. The molecular formula is C17H17N5O3S. The lowest BCUT2D eigenvalue weighted by atomic mass is 10.2. The number of hydrogen-bond donors (Lipinski definition) is 1. The van der Waals surface area contributed by atoms with E-state index in [9.17, 15) is 8.42 Å². The van der Waals surface area contributed by atoms with Crippen LogP contribution in [0.15, 0.2) is 41.3 Å². The first-order chi connectivity index (χ1) is 12.4. The molecule has 0 bridgehead atoms. The Morgan fingerprint density at radius 1 is 1.15 bits per heavy atom. The van der Waals surface area contributed by atoms with Crippen molar-refractivity contribution in [3.05, 3.63) is 53.3 Å². The number of nitrogens with one attached hydrogen (secondary N) is 1. The smallest absolute Gasteiger partial charge is 0.261 e. The quantitative estimate of drug-likeness (QED) is 0.753. The largest absolute Gasteiger partial charge is 0.493 e. The van der Waals surface area contributed by atoms with Gasteiger partial charge in [-0.2, -0.15) is 4.68 Å². The van der Waals surface area contributed by atoms with Gasteiger partial charge in [0.1, 0.15) is 5.75 Å². The number of rotatable bonds is 4. The third kappa shape index (κ3) is 2.90. The van der Waals surface area contributed by atoms with Crippen LogP contribution in [0.3, 0.4) is 0 Å². The van der Waals surface area contributed by atoms with Gasteiger partial charge in [0.05, 0.1) is 22.9 Å². The monoisotopic (exact) mass is 371 g/mol. The zero-order chi connectivity index (χ0) is 18.3. The van der Waals surface area contributed by atoms with E-state index in [4.69, 9.17) is 4.74 Å². The van der Waals surface area contributed by atoms with Gasteiger partial charge in [0.25, 0.3) is 10.0 Å². The minimum Gasteiger partial charge on any atom is -0.493 e. The lowest BCUT2D eigenvalue weighted by molar-refractivity contribution is 0.356. The highest BCUT2D eigenvalue weighted by molar-refractivity contribution is 7.92. The number of hydrogen-bond acceptors (Lipinski definition) is 6. The van der Waals surface area contributed by atoms with Crippen molar-refractivity contribution in [3.63, 3.8) is 0 Å². The molecular weight excluding hydrogens is 354 g/mol. The van der Waals surface area contributed by atoms with E-state index in [2.05, 4.69) is 20.2 Å². The third-order valence-electron chi connectivity index (χ3n) is 4.29. The summed E-state index contributed by atoms with van der Waals surface area (Å²) < 4.78 is 35.1. The SMILES string of the molecule is Cc1ccc(NS(=O)(=O)c2ccc3c(c2)CCO3)cc1-n1nnnc1C. The average Bonchev–Trinajstić information content (AvgIpc) is 3.24. The zero-order valence-electron chi connectivity index (χ0n) is 14.3. The summed E-state index contributed by atoms with van der Waals surface area (Å²) in [5.74, 6) is 1.36. The average molecular weight is 371 g/mol. The molecule has 26 heavy (non-hydrogen) atoms. The molecule has 1 aliphatic heterocycles. The number of anilines is 1. The first-order valence-electron chi connectivity index (χ1n) is 8.08. The molecule has 0 fully saturated rings. The normalized spacial score (nSPS) is 13.3. The van der Waals surface area contributed by atoms with Crippen LogP contribution < -0.4 is 9.46 Å². The van der Waals surface area contributed by atoms with E-state index in [1.165, 1.54) is 0 Å². The molecule has 3 aromatic rings. The molecule has 8 nitrogen and oxygen atoms in total. The minimum atomic E-state index is -3.71. The van der Waals surface area contributed by atoms with Crippen LogP contribution in [0.2, 0.25) is 0 Å². The van der Waals surface area contributed by atoms with Gasteiger partial charge in [0.2, 0.25) is 0 Å². The Hall–Kier alpha value is -2.94. The van der Waals surface area contributed by atoms with Crippen LogP contribution in [0.5, 0.6) is 5.75 Å². The summed E-state index contributed by atoms with van der Waals surface area (Å²) in [5, 5.41) is 11.5. The van der Waals surface area contributed by atoms with Gasteiger partial charge < -0.3 is 4.74 Å². The third-order valence-corrected chi connectivity index (χ3v) is 5.67. The number of benzene rings is 2. The molecule has 1 aromatic heterocycles. The molecule has 0 amide bonds. The van der Waals surface area contributed by atoms with E-state index < -0.39 is 10.0 Å². The maximum Gasteiger partial charge on any atom is 0.261 e. The number of sulfonamides is 1. The first-order valence-corrected chi connectivity index (χ1v) is 9.57. The fraction of sp³-hybridized carbons (Fsp3) is 0.235. The molecule has 1 aliphatic rings. The maximum absolute atomic E-state index is 12.8. The Labute approximate surface area is 150 Å². The van der Waals surface area contributed by atoms with Crippen LogP contribution in [-0.2, 0) is 16.4 Å². The molecule has 0 saturated carbocycles. The maximum atomic E-state index is 12.8. The molecule has 9 heteroatoms. The van der Waals surface area contributed by atoms with Gasteiger partial charge >= 0.3 is 0 Å². The van der Waals surface area contributed by atoms with Gasteiger partial charge in [-0.05, 0) is 65.7 Å². The number of tetrazole rings is 1. The van der Waals surface area contributed by atoms with Crippen molar-refractivity contribution in [2.75, 3.05) is 11.3 Å². The second-order valence-corrected chi connectivity index (χ2v) is 7.80. The van der Waals surface area contributed by atoms with Crippen molar-refractivity contribution in [3.8, 4) is 11.4 Å². The summed E-state index contributed by atoms with van der Waals surface area (Å²) in [6.45, 7) is 4.27. The second-order valence-electron chi connectivity index (χ2n) is 6.11. The summed E-state index contributed by atoms with van der Waals surface area (Å²) in [6.07, 6.45) is 0.714. The lowest BCUT2D eigenvalue weighted by Gasteiger charge is -2.12. The first kappa shape index (κ1) is 16.5. The number of fused-ring (bicyclic) bond motifs is 1. The van der Waals surface area contributed by atoms with Crippen molar-refractivity contribution in [2.24, 2.45) is 0 Å². The van der Waals surface area contributed by atoms with Crippen molar-refractivity contribution >= 4 is 15.7 Å². The van der Waals surface area contributed by atoms with Crippen molar-refractivity contribution in [2.45, 2.75) is 25.2 Å². The van der Waals surface area contributed by atoms with Gasteiger partial charge in [-0.3, -0.25) is 4.72 Å². The van der Waals surface area contributed by atoms with Gasteiger partial charge in [-0.25, -0.2) is 8.42 Å². The zero-order valence-corrected chi connectivity index (χ0v) is 15.1. The molecule has 134 valence electrons. The van der Waals surface area contributed by atoms with Crippen LogP contribution in [0.1, 0.15) is 17.0 Å². The summed E-state index contributed by atoms with van der Waals surface area (Å²) in [5.41, 5.74) is 2.99. The molecule has 0 atom stereocenters. The fourth-order valence-electron chi connectivity index (χ4n) is 2.90. The molecule has 0 radical (unpaired) electrons. The van der Waals surface area contributed by atoms with E-state index in [0.29, 0.717) is 24.5 Å². The Kier molecular flexibility index (Phi) is 3.87. The Morgan fingerprint density at radius 2 is 2.00 bits per heavy atom. The van der Waals surface area contributed by atoms with Crippen molar-refractivity contribution in [1.82, 2.24) is 20.2 Å². The van der Waals surface area contributed by atoms with Gasteiger partial charge in [-0.1, -0.05) is 6.07 Å². The molecule has 1 N–H and O–H groups in total.